The molecule has 0 aliphatic rings. The van der Waals surface area contributed by atoms with Crippen molar-refractivity contribution in [3.05, 3.63) is 132 Å². The maximum absolute atomic E-state index is 12.7. The summed E-state index contributed by atoms with van der Waals surface area (Å²) < 4.78 is 5.21. The normalized spacial score (nSPS) is 12.0. The SMILES string of the molecule is COc1cccc(/C(=C/N=C(c2ccccc2)c2ccccc2N=C([O-])c2ccccn2)C(=O)[O-])c1.[Ni+2]. The summed E-state index contributed by atoms with van der Waals surface area (Å²) in [5.74, 6) is -1.38. The van der Waals surface area contributed by atoms with Crippen LogP contribution in [0.5, 0.6) is 5.75 Å². The number of aromatic nitrogens is 1. The van der Waals surface area contributed by atoms with Gasteiger partial charge in [-0.15, -0.1) is 0 Å². The molecular formula is C29H21N3NiO4. The van der Waals surface area contributed by atoms with Gasteiger partial charge >= 0.3 is 16.5 Å². The third kappa shape index (κ3) is 6.78. The number of carboxylic acid groups (broad SMARTS) is 1. The molecule has 8 heteroatoms. The third-order valence-electron chi connectivity index (χ3n) is 5.24. The minimum Gasteiger partial charge on any atom is -0.857 e. The smallest absolute Gasteiger partial charge is 0.857 e. The molecule has 0 aliphatic heterocycles. The first-order valence-electron chi connectivity index (χ1n) is 11.0. The number of rotatable bonds is 8. The number of aliphatic imine (C=N–C) groups is 2. The summed E-state index contributed by atoms with van der Waals surface area (Å²) in [5.41, 5.74) is 2.54. The molecule has 3 aromatic carbocycles. The van der Waals surface area contributed by atoms with Gasteiger partial charge in [-0.05, 0) is 35.9 Å². The second kappa shape index (κ2) is 13.0. The van der Waals surface area contributed by atoms with Gasteiger partial charge in [-0.1, -0.05) is 66.7 Å². The second-order valence-corrected chi connectivity index (χ2v) is 7.56. The van der Waals surface area contributed by atoms with Crippen LogP contribution in [0.3, 0.4) is 0 Å². The van der Waals surface area contributed by atoms with Gasteiger partial charge in [-0.2, -0.15) is 0 Å². The van der Waals surface area contributed by atoms with Gasteiger partial charge in [0.2, 0.25) is 0 Å². The molecule has 186 valence electrons. The summed E-state index contributed by atoms with van der Waals surface area (Å²) in [6.45, 7) is 0. The molecule has 0 N–H and O–H groups in total. The van der Waals surface area contributed by atoms with Gasteiger partial charge in [0, 0.05) is 35.0 Å². The van der Waals surface area contributed by atoms with E-state index in [-0.39, 0.29) is 27.8 Å². The zero-order valence-electron chi connectivity index (χ0n) is 19.7. The Bertz CT molecular complexity index is 1450. The van der Waals surface area contributed by atoms with Gasteiger partial charge in [0.15, 0.2) is 0 Å². The van der Waals surface area contributed by atoms with Crippen LogP contribution in [0.4, 0.5) is 5.69 Å². The molecule has 0 atom stereocenters. The monoisotopic (exact) mass is 533 g/mol. The first-order chi connectivity index (χ1) is 17.6. The molecule has 7 nitrogen and oxygen atoms in total. The molecule has 1 aromatic heterocycles. The number of benzene rings is 3. The first kappa shape index (κ1) is 27.0. The summed E-state index contributed by atoms with van der Waals surface area (Å²) in [7, 11) is 1.50. The fraction of sp³-hybridized carbons (Fsp3) is 0.0345. The number of carboxylic acids is 1. The summed E-state index contributed by atoms with van der Waals surface area (Å²) in [4.78, 5) is 24.9. The molecule has 0 radical (unpaired) electrons. The Morgan fingerprint density at radius 3 is 2.27 bits per heavy atom. The number of para-hydroxylation sites is 1. The van der Waals surface area contributed by atoms with Gasteiger partial charge < -0.3 is 19.7 Å². The van der Waals surface area contributed by atoms with Crippen molar-refractivity contribution in [2.24, 2.45) is 9.98 Å². The van der Waals surface area contributed by atoms with Crippen LogP contribution in [0.25, 0.3) is 5.57 Å². The van der Waals surface area contributed by atoms with E-state index in [1.807, 2.05) is 30.3 Å². The van der Waals surface area contributed by atoms with E-state index in [1.165, 1.54) is 19.5 Å². The number of hydrogen-bond acceptors (Lipinski definition) is 7. The third-order valence-corrected chi connectivity index (χ3v) is 5.24. The van der Waals surface area contributed by atoms with E-state index in [1.54, 1.807) is 66.7 Å². The van der Waals surface area contributed by atoms with Crippen molar-refractivity contribution >= 4 is 28.8 Å². The molecule has 0 spiro atoms. The van der Waals surface area contributed by atoms with Crippen molar-refractivity contribution in [1.82, 2.24) is 4.98 Å². The average molecular weight is 534 g/mol. The quantitative estimate of drug-likeness (QED) is 0.149. The molecule has 37 heavy (non-hydrogen) atoms. The summed E-state index contributed by atoms with van der Waals surface area (Å²) in [6.07, 6.45) is 2.76. The zero-order valence-corrected chi connectivity index (χ0v) is 20.7. The van der Waals surface area contributed by atoms with Crippen LogP contribution in [0.15, 0.2) is 119 Å². The minimum atomic E-state index is -1.39. The number of carbonyl (C=O) groups is 1. The molecule has 1 heterocycles. The predicted octanol–water partition coefficient (Wildman–Crippen LogP) is 3.15. The molecule has 0 saturated heterocycles. The van der Waals surface area contributed by atoms with E-state index in [2.05, 4.69) is 15.0 Å². The van der Waals surface area contributed by atoms with E-state index in [0.717, 1.165) is 0 Å². The summed E-state index contributed by atoms with van der Waals surface area (Å²) in [6, 6.07) is 27.9. The standard InChI is InChI=1S/C29H23N3O4.Ni/c1-36-22-13-9-12-21(18-22)24(29(34)35)19-31-27(20-10-3-2-4-11-20)23-14-5-6-15-25(23)32-28(33)26-16-7-8-17-30-26;/h2-19H,1H3,(H,32,33)(H,34,35);/q;+2/p-2/b24-19-,31-27?;. The molecular weight excluding hydrogens is 513 g/mol. The van der Waals surface area contributed by atoms with Crippen LogP contribution in [0.2, 0.25) is 0 Å². The molecule has 4 rings (SSSR count). The largest absolute Gasteiger partial charge is 2.00 e. The molecule has 0 unspecified atom stereocenters. The topological polar surface area (TPSA) is 110 Å². The Labute approximate surface area is 224 Å². The molecule has 0 bridgehead atoms. The Morgan fingerprint density at radius 1 is 0.865 bits per heavy atom. The Morgan fingerprint density at radius 2 is 1.57 bits per heavy atom. The fourth-order valence-corrected chi connectivity index (χ4v) is 3.49. The van der Waals surface area contributed by atoms with Gasteiger partial charge in [-0.3, -0.25) is 15.0 Å². The van der Waals surface area contributed by atoms with Crippen LogP contribution >= 0.6 is 0 Å². The van der Waals surface area contributed by atoms with E-state index in [9.17, 15) is 15.0 Å². The van der Waals surface area contributed by atoms with E-state index >= 15 is 0 Å². The maximum atomic E-state index is 12.7. The minimum absolute atomic E-state index is 0. The van der Waals surface area contributed by atoms with Gasteiger partial charge in [0.25, 0.3) is 0 Å². The Balaban J connectivity index is 0.00000380. The zero-order chi connectivity index (χ0) is 25.3. The second-order valence-electron chi connectivity index (χ2n) is 7.56. The van der Waals surface area contributed by atoms with Crippen LogP contribution < -0.4 is 14.9 Å². The van der Waals surface area contributed by atoms with Crippen molar-refractivity contribution in [2.75, 3.05) is 7.11 Å². The number of hydrogen-bond donors (Lipinski definition) is 0. The van der Waals surface area contributed by atoms with Crippen molar-refractivity contribution < 1.29 is 36.2 Å². The molecule has 0 aliphatic carbocycles. The summed E-state index contributed by atoms with van der Waals surface area (Å²) >= 11 is 0. The van der Waals surface area contributed by atoms with Crippen LogP contribution in [-0.2, 0) is 21.3 Å². The maximum Gasteiger partial charge on any atom is 2.00 e. The number of pyridine rings is 1. The molecule has 0 fully saturated rings. The first-order valence-corrected chi connectivity index (χ1v) is 11.0. The summed E-state index contributed by atoms with van der Waals surface area (Å²) in [5, 5.41) is 24.7. The van der Waals surface area contributed by atoms with Crippen LogP contribution in [-0.4, -0.2) is 29.7 Å². The Hall–Kier alpha value is -4.55. The van der Waals surface area contributed by atoms with Crippen LogP contribution in [0, 0.1) is 0 Å². The van der Waals surface area contributed by atoms with Crippen molar-refractivity contribution in [2.45, 2.75) is 0 Å². The van der Waals surface area contributed by atoms with Crippen molar-refractivity contribution in [3.63, 3.8) is 0 Å². The number of nitrogens with zero attached hydrogens (tertiary/aromatic N) is 3. The van der Waals surface area contributed by atoms with E-state index in [4.69, 9.17) is 4.74 Å². The van der Waals surface area contributed by atoms with Gasteiger partial charge in [0.05, 0.1) is 30.2 Å². The number of aliphatic carboxylic acids is 1. The molecule has 0 amide bonds. The predicted molar refractivity (Wildman–Crippen MR) is 135 cm³/mol. The Kier molecular flexibility index (Phi) is 9.47. The van der Waals surface area contributed by atoms with Gasteiger partial charge in [0.1, 0.15) is 5.75 Å². The fourth-order valence-electron chi connectivity index (χ4n) is 3.49. The van der Waals surface area contributed by atoms with E-state index in [0.29, 0.717) is 33.8 Å². The number of methoxy groups -OCH3 is 1. The van der Waals surface area contributed by atoms with Crippen molar-refractivity contribution in [1.29, 1.82) is 0 Å². The van der Waals surface area contributed by atoms with Crippen LogP contribution in [0.1, 0.15) is 22.4 Å². The average Bonchev–Trinajstić information content (AvgIpc) is 2.92. The van der Waals surface area contributed by atoms with Crippen molar-refractivity contribution in [3.8, 4) is 5.75 Å². The van der Waals surface area contributed by atoms with E-state index < -0.39 is 11.9 Å². The number of carbonyl (C=O) groups excluding carboxylic acids is 1. The molecule has 0 saturated carbocycles. The molecule has 4 aromatic rings. The van der Waals surface area contributed by atoms with Gasteiger partial charge in [-0.25, -0.2) is 0 Å². The number of ether oxygens (including phenoxy) is 1.